The molecule has 1 N–H and O–H groups in total. The number of hydrogen-bond acceptors (Lipinski definition) is 1. The van der Waals surface area contributed by atoms with Gasteiger partial charge in [-0.25, -0.2) is 0 Å². The topological polar surface area (TPSA) is 37.3 Å². The molecule has 0 atom stereocenters. The summed E-state index contributed by atoms with van der Waals surface area (Å²) >= 11 is 0. The van der Waals surface area contributed by atoms with Gasteiger partial charge in [-0.1, -0.05) is 46.0 Å². The van der Waals surface area contributed by atoms with Crippen LogP contribution in [0.4, 0.5) is 0 Å². The van der Waals surface area contributed by atoms with Gasteiger partial charge in [-0.05, 0) is 12.8 Å². The maximum Gasteiger partial charge on any atom is 0.310 e. The van der Waals surface area contributed by atoms with Crippen LogP contribution in [0.25, 0.3) is 0 Å². The van der Waals surface area contributed by atoms with E-state index in [1.807, 2.05) is 0 Å². The van der Waals surface area contributed by atoms with Gasteiger partial charge in [0, 0.05) is 0 Å². The molecule has 1 radical (unpaired) electrons. The number of unbranched alkanes of at least 4 members (excludes halogenated alkanes) is 3. The largest absolute Gasteiger partial charge is 0.481 e. The molecule has 77 valence electrons. The average molecular weight is 185 g/mol. The van der Waals surface area contributed by atoms with Crippen molar-refractivity contribution < 1.29 is 9.90 Å². The Labute approximate surface area is 81.3 Å². The van der Waals surface area contributed by atoms with Crippen LogP contribution in [0.2, 0.25) is 0 Å². The Morgan fingerprint density at radius 2 is 1.54 bits per heavy atom. The molecule has 2 heteroatoms. The SMILES string of the molecule is CCCCC[C](CCCC)C(=O)O. The smallest absolute Gasteiger partial charge is 0.310 e. The zero-order chi connectivity index (χ0) is 10.1. The maximum atomic E-state index is 10.8. The minimum absolute atomic E-state index is 0.690. The predicted octanol–water partition coefficient (Wildman–Crippen LogP) is 3.42. The number of hydrogen-bond donors (Lipinski definition) is 1. The molecule has 0 saturated heterocycles. The number of carboxylic acid groups (broad SMARTS) is 1. The molecule has 0 aromatic carbocycles. The molecule has 0 aliphatic carbocycles. The molecule has 0 saturated carbocycles. The summed E-state index contributed by atoms with van der Waals surface area (Å²) in [4.78, 5) is 10.8. The number of carbonyl (C=O) groups is 1. The van der Waals surface area contributed by atoms with E-state index < -0.39 is 5.97 Å². The lowest BCUT2D eigenvalue weighted by Gasteiger charge is -2.09. The lowest BCUT2D eigenvalue weighted by atomic mass is 9.96. The van der Waals surface area contributed by atoms with Crippen molar-refractivity contribution in [1.82, 2.24) is 0 Å². The monoisotopic (exact) mass is 185 g/mol. The molecule has 0 bridgehead atoms. The second-order valence-electron chi connectivity index (χ2n) is 3.47. The molecule has 0 aliphatic rings. The Kier molecular flexibility index (Phi) is 7.76. The summed E-state index contributed by atoms with van der Waals surface area (Å²) in [5.74, 6) is 0.0276. The van der Waals surface area contributed by atoms with Gasteiger partial charge in [0.05, 0.1) is 5.92 Å². The van der Waals surface area contributed by atoms with Crippen LogP contribution in [0.15, 0.2) is 0 Å². The first-order valence-electron chi connectivity index (χ1n) is 5.30. The van der Waals surface area contributed by atoms with Gasteiger partial charge in [0.15, 0.2) is 0 Å². The Morgan fingerprint density at radius 1 is 1.00 bits per heavy atom. The van der Waals surface area contributed by atoms with Crippen molar-refractivity contribution in [3.05, 3.63) is 5.92 Å². The van der Waals surface area contributed by atoms with Crippen LogP contribution in [0.5, 0.6) is 0 Å². The normalized spacial score (nSPS) is 10.7. The van der Waals surface area contributed by atoms with Gasteiger partial charge in [-0.2, -0.15) is 0 Å². The van der Waals surface area contributed by atoms with Gasteiger partial charge < -0.3 is 5.11 Å². The van der Waals surface area contributed by atoms with Crippen LogP contribution in [0.1, 0.15) is 58.8 Å². The molecule has 0 fully saturated rings. The van der Waals surface area contributed by atoms with E-state index in [0.717, 1.165) is 50.9 Å². The fourth-order valence-corrected chi connectivity index (χ4v) is 1.32. The van der Waals surface area contributed by atoms with Gasteiger partial charge in [-0.3, -0.25) is 4.79 Å². The highest BCUT2D eigenvalue weighted by atomic mass is 16.4. The molecule has 0 heterocycles. The summed E-state index contributed by atoms with van der Waals surface area (Å²) in [5, 5.41) is 8.86. The molecule has 0 aliphatic heterocycles. The third-order valence-corrected chi connectivity index (χ3v) is 2.22. The summed E-state index contributed by atoms with van der Waals surface area (Å²) in [6, 6.07) is 0. The number of rotatable bonds is 8. The van der Waals surface area contributed by atoms with E-state index in [0.29, 0.717) is 0 Å². The first-order chi connectivity index (χ1) is 6.22. The lowest BCUT2D eigenvalue weighted by molar-refractivity contribution is -0.135. The molecule has 0 amide bonds. The minimum Gasteiger partial charge on any atom is -0.481 e. The first-order valence-corrected chi connectivity index (χ1v) is 5.30. The Bertz CT molecular complexity index is 132. The van der Waals surface area contributed by atoms with E-state index in [1.54, 1.807) is 0 Å². The van der Waals surface area contributed by atoms with E-state index in [2.05, 4.69) is 13.8 Å². The highest BCUT2D eigenvalue weighted by molar-refractivity contribution is 5.82. The van der Waals surface area contributed by atoms with Crippen LogP contribution in [0.3, 0.4) is 0 Å². The number of aliphatic carboxylic acids is 1. The van der Waals surface area contributed by atoms with E-state index in [-0.39, 0.29) is 0 Å². The van der Waals surface area contributed by atoms with E-state index in [9.17, 15) is 4.79 Å². The molecular weight excluding hydrogens is 164 g/mol. The van der Waals surface area contributed by atoms with Crippen LogP contribution in [0, 0.1) is 5.92 Å². The molecule has 0 aromatic rings. The Morgan fingerprint density at radius 3 is 2.00 bits per heavy atom. The van der Waals surface area contributed by atoms with Crippen molar-refractivity contribution in [1.29, 1.82) is 0 Å². The fourth-order valence-electron chi connectivity index (χ4n) is 1.32. The summed E-state index contributed by atoms with van der Waals surface area (Å²) in [6.07, 6.45) is 6.96. The summed E-state index contributed by atoms with van der Waals surface area (Å²) in [5.41, 5.74) is 0. The molecular formula is C11H21O2. The second-order valence-corrected chi connectivity index (χ2v) is 3.47. The predicted molar refractivity (Wildman–Crippen MR) is 54.5 cm³/mol. The van der Waals surface area contributed by atoms with E-state index in [4.69, 9.17) is 5.11 Å². The van der Waals surface area contributed by atoms with Gasteiger partial charge in [-0.15, -0.1) is 0 Å². The highest BCUT2D eigenvalue weighted by Crippen LogP contribution is 2.18. The van der Waals surface area contributed by atoms with Crippen molar-refractivity contribution in [2.45, 2.75) is 58.8 Å². The first kappa shape index (κ1) is 12.5. The Hall–Kier alpha value is -0.530. The van der Waals surface area contributed by atoms with Crippen molar-refractivity contribution in [2.75, 3.05) is 0 Å². The van der Waals surface area contributed by atoms with Crippen LogP contribution in [-0.4, -0.2) is 11.1 Å². The van der Waals surface area contributed by atoms with Gasteiger partial charge in [0.25, 0.3) is 0 Å². The van der Waals surface area contributed by atoms with Crippen molar-refractivity contribution in [2.24, 2.45) is 0 Å². The average Bonchev–Trinajstić information content (AvgIpc) is 2.10. The molecule has 0 rings (SSSR count). The third kappa shape index (κ3) is 6.62. The molecule has 0 unspecified atom stereocenters. The fraction of sp³-hybridized carbons (Fsp3) is 0.818. The molecule has 2 nitrogen and oxygen atoms in total. The van der Waals surface area contributed by atoms with Crippen molar-refractivity contribution >= 4 is 5.97 Å². The number of carboxylic acids is 1. The highest BCUT2D eigenvalue weighted by Gasteiger charge is 2.16. The van der Waals surface area contributed by atoms with Gasteiger partial charge in [0.2, 0.25) is 0 Å². The molecule has 13 heavy (non-hydrogen) atoms. The van der Waals surface area contributed by atoms with Crippen LogP contribution >= 0.6 is 0 Å². The zero-order valence-corrected chi connectivity index (χ0v) is 8.81. The molecule has 0 spiro atoms. The van der Waals surface area contributed by atoms with Crippen LogP contribution in [-0.2, 0) is 4.79 Å². The van der Waals surface area contributed by atoms with Crippen LogP contribution < -0.4 is 0 Å². The summed E-state index contributed by atoms with van der Waals surface area (Å²) in [7, 11) is 0. The van der Waals surface area contributed by atoms with Gasteiger partial charge in [0.1, 0.15) is 0 Å². The maximum absolute atomic E-state index is 10.8. The minimum atomic E-state index is -0.690. The Balaban J connectivity index is 3.61. The van der Waals surface area contributed by atoms with Crippen molar-refractivity contribution in [3.8, 4) is 0 Å². The summed E-state index contributed by atoms with van der Waals surface area (Å²) in [6.45, 7) is 4.22. The summed E-state index contributed by atoms with van der Waals surface area (Å²) < 4.78 is 0. The standard InChI is InChI=1S/C11H21O2/c1-3-5-7-9-10(11(12)13)8-6-4-2/h3-9H2,1-2H3,(H,12,13). The van der Waals surface area contributed by atoms with E-state index >= 15 is 0 Å². The lowest BCUT2D eigenvalue weighted by Crippen LogP contribution is -2.11. The molecule has 0 aromatic heterocycles. The second kappa shape index (κ2) is 8.09. The zero-order valence-electron chi connectivity index (χ0n) is 8.81. The van der Waals surface area contributed by atoms with Crippen molar-refractivity contribution in [3.63, 3.8) is 0 Å². The van der Waals surface area contributed by atoms with Gasteiger partial charge >= 0.3 is 5.97 Å². The quantitative estimate of drug-likeness (QED) is 0.588. The third-order valence-electron chi connectivity index (χ3n) is 2.22. The van der Waals surface area contributed by atoms with E-state index in [1.165, 1.54) is 0 Å².